The van der Waals surface area contributed by atoms with Gasteiger partial charge in [-0.05, 0) is 49.9 Å². The minimum absolute atomic E-state index is 0.448. The summed E-state index contributed by atoms with van der Waals surface area (Å²) in [6.07, 6.45) is 4.24. The molecular formula is C20H24N4O. The van der Waals surface area contributed by atoms with Crippen molar-refractivity contribution in [2.24, 2.45) is 5.73 Å². The number of primary amides is 1. The van der Waals surface area contributed by atoms with Gasteiger partial charge in [0, 0.05) is 31.3 Å². The second-order valence-electron chi connectivity index (χ2n) is 6.39. The molecule has 0 bridgehead atoms. The molecular weight excluding hydrogens is 312 g/mol. The molecule has 0 unspecified atom stereocenters. The summed E-state index contributed by atoms with van der Waals surface area (Å²) < 4.78 is 0. The first kappa shape index (κ1) is 17.2. The number of likely N-dealkylation sites (N-methyl/N-ethyl adjacent to an activating group) is 1. The van der Waals surface area contributed by atoms with E-state index in [1.807, 2.05) is 30.3 Å². The van der Waals surface area contributed by atoms with Gasteiger partial charge in [-0.2, -0.15) is 0 Å². The van der Waals surface area contributed by atoms with Crippen LogP contribution in [-0.2, 0) is 4.79 Å². The molecule has 0 radical (unpaired) electrons. The smallest absolute Gasteiger partial charge is 0.241 e. The number of aromatic nitrogens is 1. The Morgan fingerprint density at radius 2 is 1.96 bits per heavy atom. The molecule has 0 saturated carbocycles. The average Bonchev–Trinajstić information content (AvgIpc) is 2.85. The summed E-state index contributed by atoms with van der Waals surface area (Å²) in [4.78, 5) is 20.5. The highest BCUT2D eigenvalue weighted by Gasteiger charge is 2.14. The maximum absolute atomic E-state index is 10.9. The number of carbonyl (C=O) groups is 1. The lowest BCUT2D eigenvalue weighted by Crippen LogP contribution is -2.29. The lowest BCUT2D eigenvalue weighted by molar-refractivity contribution is -0.113. The molecule has 0 spiro atoms. The van der Waals surface area contributed by atoms with Crippen molar-refractivity contribution in [3.8, 4) is 11.3 Å². The van der Waals surface area contributed by atoms with E-state index in [0.717, 1.165) is 55.2 Å². The van der Waals surface area contributed by atoms with Crippen molar-refractivity contribution in [3.63, 3.8) is 0 Å². The number of amides is 1. The Kier molecular flexibility index (Phi) is 5.46. The summed E-state index contributed by atoms with van der Waals surface area (Å²) in [6.45, 7) is 4.21. The molecule has 1 fully saturated rings. The van der Waals surface area contributed by atoms with Gasteiger partial charge in [0.15, 0.2) is 0 Å². The summed E-state index contributed by atoms with van der Waals surface area (Å²) in [6, 6.07) is 14.1. The van der Waals surface area contributed by atoms with Gasteiger partial charge in [0.2, 0.25) is 5.91 Å². The van der Waals surface area contributed by atoms with E-state index in [4.69, 9.17) is 10.7 Å². The fourth-order valence-electron chi connectivity index (χ4n) is 3.02. The van der Waals surface area contributed by atoms with E-state index in [1.165, 1.54) is 6.08 Å². The molecule has 0 atom stereocenters. The maximum Gasteiger partial charge on any atom is 0.241 e. The van der Waals surface area contributed by atoms with Crippen LogP contribution in [0.15, 0.2) is 48.5 Å². The zero-order valence-corrected chi connectivity index (χ0v) is 14.6. The van der Waals surface area contributed by atoms with Crippen LogP contribution in [0.4, 0.5) is 5.82 Å². The molecule has 1 aromatic carbocycles. The predicted octanol–water partition coefficient (Wildman–Crippen LogP) is 2.39. The Balaban J connectivity index is 1.84. The van der Waals surface area contributed by atoms with Crippen molar-refractivity contribution in [2.75, 3.05) is 38.1 Å². The van der Waals surface area contributed by atoms with Crippen molar-refractivity contribution in [3.05, 3.63) is 54.1 Å². The first-order valence-corrected chi connectivity index (χ1v) is 8.60. The lowest BCUT2D eigenvalue weighted by atomic mass is 10.1. The van der Waals surface area contributed by atoms with Crippen LogP contribution in [0.1, 0.15) is 12.0 Å². The summed E-state index contributed by atoms with van der Waals surface area (Å²) in [7, 11) is 2.17. The number of rotatable bonds is 4. The average molecular weight is 336 g/mol. The second-order valence-corrected chi connectivity index (χ2v) is 6.39. The van der Waals surface area contributed by atoms with Crippen LogP contribution < -0.4 is 10.6 Å². The van der Waals surface area contributed by atoms with E-state index in [2.05, 4.69) is 29.0 Å². The third-order valence-corrected chi connectivity index (χ3v) is 4.40. The maximum atomic E-state index is 10.9. The van der Waals surface area contributed by atoms with Crippen molar-refractivity contribution in [1.29, 1.82) is 0 Å². The van der Waals surface area contributed by atoms with Crippen molar-refractivity contribution < 1.29 is 4.79 Å². The zero-order chi connectivity index (χ0) is 17.6. The summed E-state index contributed by atoms with van der Waals surface area (Å²) in [5.41, 5.74) is 8.06. The molecule has 1 saturated heterocycles. The van der Waals surface area contributed by atoms with E-state index in [1.54, 1.807) is 6.08 Å². The number of benzene rings is 1. The molecule has 5 nitrogen and oxygen atoms in total. The van der Waals surface area contributed by atoms with E-state index >= 15 is 0 Å². The highest BCUT2D eigenvalue weighted by atomic mass is 16.1. The molecule has 1 amide bonds. The Morgan fingerprint density at radius 1 is 1.12 bits per heavy atom. The van der Waals surface area contributed by atoms with E-state index < -0.39 is 5.91 Å². The molecule has 1 aliphatic rings. The van der Waals surface area contributed by atoms with Crippen LogP contribution in [0.2, 0.25) is 0 Å². The SMILES string of the molecule is CN1CCCN(c2cccc(-c3cccc(/C=C/C(N)=O)c3)n2)CC1. The van der Waals surface area contributed by atoms with Gasteiger partial charge in [-0.15, -0.1) is 0 Å². The van der Waals surface area contributed by atoms with Crippen LogP contribution in [0, 0.1) is 0 Å². The molecule has 3 rings (SSSR count). The minimum Gasteiger partial charge on any atom is -0.366 e. The number of pyridine rings is 1. The van der Waals surface area contributed by atoms with E-state index in [0.29, 0.717) is 0 Å². The highest BCUT2D eigenvalue weighted by molar-refractivity contribution is 5.90. The third kappa shape index (κ3) is 4.67. The van der Waals surface area contributed by atoms with Gasteiger partial charge in [-0.25, -0.2) is 4.98 Å². The molecule has 25 heavy (non-hydrogen) atoms. The zero-order valence-electron chi connectivity index (χ0n) is 14.6. The molecule has 2 aromatic rings. The number of hydrogen-bond acceptors (Lipinski definition) is 4. The van der Waals surface area contributed by atoms with Gasteiger partial charge in [-0.3, -0.25) is 4.79 Å². The van der Waals surface area contributed by atoms with Crippen molar-refractivity contribution in [2.45, 2.75) is 6.42 Å². The van der Waals surface area contributed by atoms with Crippen LogP contribution in [0.3, 0.4) is 0 Å². The monoisotopic (exact) mass is 336 g/mol. The predicted molar refractivity (Wildman–Crippen MR) is 102 cm³/mol. The van der Waals surface area contributed by atoms with Crippen LogP contribution in [-0.4, -0.2) is 49.0 Å². The number of nitrogens with two attached hydrogens (primary N) is 1. The molecule has 2 N–H and O–H groups in total. The van der Waals surface area contributed by atoms with E-state index in [-0.39, 0.29) is 0 Å². The van der Waals surface area contributed by atoms with Crippen molar-refractivity contribution in [1.82, 2.24) is 9.88 Å². The Hall–Kier alpha value is -2.66. The lowest BCUT2D eigenvalue weighted by Gasteiger charge is -2.22. The van der Waals surface area contributed by atoms with Gasteiger partial charge in [0.1, 0.15) is 5.82 Å². The first-order valence-electron chi connectivity index (χ1n) is 8.60. The van der Waals surface area contributed by atoms with Gasteiger partial charge < -0.3 is 15.5 Å². The Labute approximate surface area is 148 Å². The largest absolute Gasteiger partial charge is 0.366 e. The number of hydrogen-bond donors (Lipinski definition) is 1. The highest BCUT2D eigenvalue weighted by Crippen LogP contribution is 2.23. The summed E-state index contributed by atoms with van der Waals surface area (Å²) >= 11 is 0. The Morgan fingerprint density at radius 3 is 2.80 bits per heavy atom. The van der Waals surface area contributed by atoms with Gasteiger partial charge in [0.25, 0.3) is 0 Å². The molecule has 2 heterocycles. The van der Waals surface area contributed by atoms with Crippen molar-refractivity contribution >= 4 is 17.8 Å². The van der Waals surface area contributed by atoms with Gasteiger partial charge >= 0.3 is 0 Å². The second kappa shape index (κ2) is 7.94. The molecule has 1 aromatic heterocycles. The minimum atomic E-state index is -0.448. The summed E-state index contributed by atoms with van der Waals surface area (Å²) in [5.74, 6) is 0.572. The molecule has 5 heteroatoms. The Bertz CT molecular complexity index is 772. The molecule has 0 aliphatic carbocycles. The van der Waals surface area contributed by atoms with Gasteiger partial charge in [0.05, 0.1) is 5.69 Å². The standard InChI is InChI=1S/C20H24N4O/c1-23-11-4-12-24(14-13-23)20-8-3-7-18(22-20)17-6-2-5-16(15-17)9-10-19(21)25/h2-3,5-10,15H,4,11-14H2,1H3,(H2,21,25)/b10-9+. The molecule has 1 aliphatic heterocycles. The fourth-order valence-corrected chi connectivity index (χ4v) is 3.02. The first-order chi connectivity index (χ1) is 12.1. The summed E-state index contributed by atoms with van der Waals surface area (Å²) in [5, 5.41) is 0. The topological polar surface area (TPSA) is 62.5 Å². The quantitative estimate of drug-likeness (QED) is 0.871. The molecule has 130 valence electrons. The fraction of sp³-hybridized carbons (Fsp3) is 0.300. The number of nitrogens with zero attached hydrogens (tertiary/aromatic N) is 3. The number of anilines is 1. The van der Waals surface area contributed by atoms with Crippen LogP contribution in [0.5, 0.6) is 0 Å². The van der Waals surface area contributed by atoms with Crippen LogP contribution in [0.25, 0.3) is 17.3 Å². The van der Waals surface area contributed by atoms with E-state index in [9.17, 15) is 4.79 Å². The van der Waals surface area contributed by atoms with Gasteiger partial charge in [-0.1, -0.05) is 24.3 Å². The normalized spacial score (nSPS) is 16.1. The third-order valence-electron chi connectivity index (χ3n) is 4.40. The van der Waals surface area contributed by atoms with Crippen LogP contribution >= 0.6 is 0 Å². The number of carbonyl (C=O) groups excluding carboxylic acids is 1.